The number of aliphatic hydroxyl groups excluding tert-OH is 1. The van der Waals surface area contributed by atoms with Crippen LogP contribution in [0.5, 0.6) is 0 Å². The number of amides is 2. The van der Waals surface area contributed by atoms with Crippen molar-refractivity contribution in [1.82, 2.24) is 14.7 Å². The lowest BCUT2D eigenvalue weighted by molar-refractivity contribution is 0.166. The van der Waals surface area contributed by atoms with Gasteiger partial charge < -0.3 is 10.0 Å². The van der Waals surface area contributed by atoms with Crippen molar-refractivity contribution in [2.75, 3.05) is 18.5 Å². The molecule has 1 aliphatic rings. The fraction of sp³-hybridized carbons (Fsp3) is 0.375. The van der Waals surface area contributed by atoms with Crippen LogP contribution in [0.15, 0.2) is 30.3 Å². The lowest BCUT2D eigenvalue weighted by atomic mass is 10.2. The Labute approximate surface area is 139 Å². The Morgan fingerprint density at radius 3 is 3.04 bits per heavy atom. The quantitative estimate of drug-likeness (QED) is 0.906. The summed E-state index contributed by atoms with van der Waals surface area (Å²) in [7, 11) is 0. The first-order chi connectivity index (χ1) is 11.1. The van der Waals surface area contributed by atoms with E-state index in [0.29, 0.717) is 17.4 Å². The zero-order chi connectivity index (χ0) is 16.4. The van der Waals surface area contributed by atoms with E-state index in [0.717, 1.165) is 24.2 Å². The van der Waals surface area contributed by atoms with Gasteiger partial charge in [0.15, 0.2) is 5.82 Å². The Bertz CT molecular complexity index is 716. The highest BCUT2D eigenvalue weighted by atomic mass is 35.5. The van der Waals surface area contributed by atoms with E-state index in [-0.39, 0.29) is 18.7 Å². The van der Waals surface area contributed by atoms with E-state index in [4.69, 9.17) is 11.6 Å². The summed E-state index contributed by atoms with van der Waals surface area (Å²) in [6, 6.07) is 8.85. The maximum atomic E-state index is 12.3. The van der Waals surface area contributed by atoms with Gasteiger partial charge in [0.2, 0.25) is 0 Å². The number of nitrogens with zero attached hydrogens (tertiary/aromatic N) is 3. The van der Waals surface area contributed by atoms with Gasteiger partial charge in [0.1, 0.15) is 0 Å². The fourth-order valence-corrected chi connectivity index (χ4v) is 3.06. The van der Waals surface area contributed by atoms with Crippen LogP contribution >= 0.6 is 11.6 Å². The molecule has 0 bridgehead atoms. The van der Waals surface area contributed by atoms with Gasteiger partial charge in [-0.3, -0.25) is 5.32 Å². The zero-order valence-corrected chi connectivity index (χ0v) is 13.6. The second-order valence-electron chi connectivity index (χ2n) is 5.66. The van der Waals surface area contributed by atoms with Crippen LogP contribution in [0.4, 0.5) is 10.6 Å². The molecule has 1 atom stereocenters. The lowest BCUT2D eigenvalue weighted by Crippen LogP contribution is -2.40. The summed E-state index contributed by atoms with van der Waals surface area (Å²) >= 11 is 6.02. The Morgan fingerprint density at radius 2 is 2.30 bits per heavy atom. The fourth-order valence-electron chi connectivity index (χ4n) is 2.88. The molecule has 1 unspecified atom stereocenters. The van der Waals surface area contributed by atoms with E-state index in [1.807, 2.05) is 31.2 Å². The van der Waals surface area contributed by atoms with Gasteiger partial charge >= 0.3 is 6.03 Å². The minimum absolute atomic E-state index is 0.0105. The Balaban J connectivity index is 1.77. The highest BCUT2D eigenvalue weighted by molar-refractivity contribution is 6.30. The summed E-state index contributed by atoms with van der Waals surface area (Å²) in [6.45, 7) is 2.56. The van der Waals surface area contributed by atoms with E-state index in [2.05, 4.69) is 10.4 Å². The van der Waals surface area contributed by atoms with Crippen LogP contribution in [0.2, 0.25) is 5.02 Å². The molecule has 122 valence electrons. The molecule has 0 aliphatic carbocycles. The molecular weight excluding hydrogens is 316 g/mol. The molecule has 2 heterocycles. The summed E-state index contributed by atoms with van der Waals surface area (Å²) in [4.78, 5) is 14.0. The smallest absolute Gasteiger partial charge is 0.323 e. The van der Waals surface area contributed by atoms with Gasteiger partial charge in [-0.2, -0.15) is 0 Å². The van der Waals surface area contributed by atoms with Crippen LogP contribution in [0.3, 0.4) is 0 Å². The topological polar surface area (TPSA) is 70.4 Å². The van der Waals surface area contributed by atoms with E-state index in [1.165, 1.54) is 0 Å². The highest BCUT2D eigenvalue weighted by Gasteiger charge is 2.28. The summed E-state index contributed by atoms with van der Waals surface area (Å²) in [6.07, 6.45) is 1.74. The molecule has 1 aliphatic heterocycles. The molecule has 6 nitrogen and oxygen atoms in total. The van der Waals surface area contributed by atoms with E-state index < -0.39 is 0 Å². The molecule has 1 saturated heterocycles. The van der Waals surface area contributed by atoms with Crippen LogP contribution in [0.1, 0.15) is 18.5 Å². The number of aliphatic hydroxyl groups is 1. The van der Waals surface area contributed by atoms with Gasteiger partial charge in [-0.25, -0.2) is 9.48 Å². The maximum Gasteiger partial charge on any atom is 0.323 e. The third-order valence-corrected chi connectivity index (χ3v) is 4.26. The Kier molecular flexibility index (Phi) is 4.54. The monoisotopic (exact) mass is 334 g/mol. The molecule has 23 heavy (non-hydrogen) atoms. The number of aryl methyl sites for hydroxylation is 1. The third-order valence-electron chi connectivity index (χ3n) is 4.02. The SMILES string of the molecule is Cc1cc(NC(=O)N2CCCC2CO)nn1-c1cccc(Cl)c1. The van der Waals surface area contributed by atoms with Gasteiger partial charge in [-0.05, 0) is 38.0 Å². The lowest BCUT2D eigenvalue weighted by Gasteiger charge is -2.22. The summed E-state index contributed by atoms with van der Waals surface area (Å²) in [5, 5.41) is 17.2. The van der Waals surface area contributed by atoms with Crippen LogP contribution in [-0.2, 0) is 0 Å². The van der Waals surface area contributed by atoms with Crippen LogP contribution in [-0.4, -0.2) is 45.0 Å². The molecule has 0 saturated carbocycles. The second kappa shape index (κ2) is 6.60. The highest BCUT2D eigenvalue weighted by Crippen LogP contribution is 2.21. The second-order valence-corrected chi connectivity index (χ2v) is 6.10. The number of halogens is 1. The number of hydrogen-bond acceptors (Lipinski definition) is 3. The van der Waals surface area contributed by atoms with E-state index in [1.54, 1.807) is 15.6 Å². The van der Waals surface area contributed by atoms with Crippen molar-refractivity contribution in [1.29, 1.82) is 0 Å². The molecular formula is C16H19ClN4O2. The molecule has 2 amide bonds. The number of urea groups is 1. The first-order valence-electron chi connectivity index (χ1n) is 7.59. The van der Waals surface area contributed by atoms with Crippen molar-refractivity contribution in [3.05, 3.63) is 41.0 Å². The third kappa shape index (κ3) is 3.33. The normalized spacial score (nSPS) is 17.5. The number of anilines is 1. The van der Waals surface area contributed by atoms with Crippen molar-refractivity contribution in [3.8, 4) is 5.69 Å². The van der Waals surface area contributed by atoms with Crippen molar-refractivity contribution in [2.45, 2.75) is 25.8 Å². The van der Waals surface area contributed by atoms with Crippen molar-refractivity contribution in [2.24, 2.45) is 0 Å². The molecule has 0 radical (unpaired) electrons. The number of hydrogen-bond donors (Lipinski definition) is 2. The average molecular weight is 335 g/mol. The first kappa shape index (κ1) is 15.8. The summed E-state index contributed by atoms with van der Waals surface area (Å²) < 4.78 is 1.73. The average Bonchev–Trinajstić information content (AvgIpc) is 3.13. The summed E-state index contributed by atoms with van der Waals surface area (Å²) in [5.74, 6) is 0.482. The first-order valence-corrected chi connectivity index (χ1v) is 7.97. The number of carbonyl (C=O) groups excluding carboxylic acids is 1. The van der Waals surface area contributed by atoms with Crippen molar-refractivity contribution < 1.29 is 9.90 Å². The minimum Gasteiger partial charge on any atom is -0.394 e. The Morgan fingerprint density at radius 1 is 1.48 bits per heavy atom. The molecule has 1 aromatic heterocycles. The van der Waals surface area contributed by atoms with Gasteiger partial charge in [-0.15, -0.1) is 5.10 Å². The van der Waals surface area contributed by atoms with Crippen molar-refractivity contribution >= 4 is 23.4 Å². The number of nitrogens with one attached hydrogen (secondary N) is 1. The molecule has 3 rings (SSSR count). The minimum atomic E-state index is -0.225. The van der Waals surface area contributed by atoms with Crippen LogP contribution < -0.4 is 5.32 Å². The molecule has 1 aromatic carbocycles. The van der Waals surface area contributed by atoms with Crippen LogP contribution in [0, 0.1) is 6.92 Å². The predicted octanol–water partition coefficient (Wildman–Crippen LogP) is 2.82. The maximum absolute atomic E-state index is 12.3. The molecule has 7 heteroatoms. The predicted molar refractivity (Wildman–Crippen MR) is 89.1 cm³/mol. The zero-order valence-electron chi connectivity index (χ0n) is 12.9. The Hall–Kier alpha value is -2.05. The number of likely N-dealkylation sites (tertiary alicyclic amines) is 1. The van der Waals surface area contributed by atoms with Crippen molar-refractivity contribution in [3.63, 3.8) is 0 Å². The molecule has 2 N–H and O–H groups in total. The van der Waals surface area contributed by atoms with E-state index >= 15 is 0 Å². The number of aromatic nitrogens is 2. The van der Waals surface area contributed by atoms with Gasteiger partial charge in [0.25, 0.3) is 0 Å². The number of benzene rings is 1. The standard InChI is InChI=1S/C16H19ClN4O2/c1-11-8-15(18-16(23)20-7-3-6-14(20)10-22)19-21(11)13-5-2-4-12(17)9-13/h2,4-5,8-9,14,22H,3,6-7,10H2,1H3,(H,18,19,23). The summed E-state index contributed by atoms with van der Waals surface area (Å²) in [5.41, 5.74) is 1.73. The van der Waals surface area contributed by atoms with E-state index in [9.17, 15) is 9.90 Å². The van der Waals surface area contributed by atoms with Gasteiger partial charge in [-0.1, -0.05) is 17.7 Å². The molecule has 0 spiro atoms. The number of carbonyl (C=O) groups is 1. The largest absolute Gasteiger partial charge is 0.394 e. The van der Waals surface area contributed by atoms with Gasteiger partial charge in [0.05, 0.1) is 18.3 Å². The van der Waals surface area contributed by atoms with Crippen LogP contribution in [0.25, 0.3) is 5.69 Å². The molecule has 2 aromatic rings. The van der Waals surface area contributed by atoms with Gasteiger partial charge in [0, 0.05) is 23.3 Å². The molecule has 1 fully saturated rings. The number of rotatable bonds is 3.